The van der Waals surface area contributed by atoms with Gasteiger partial charge in [-0.25, -0.2) is 0 Å². The Hall–Kier alpha value is -2.97. The van der Waals surface area contributed by atoms with Gasteiger partial charge in [0, 0.05) is 5.39 Å². The Morgan fingerprint density at radius 3 is 2.44 bits per heavy atom. The van der Waals surface area contributed by atoms with Gasteiger partial charge in [0.05, 0.1) is 35.0 Å². The number of esters is 1. The van der Waals surface area contributed by atoms with Gasteiger partial charge >= 0.3 is 12.1 Å². The number of aromatic nitrogens is 1. The van der Waals surface area contributed by atoms with Crippen LogP contribution in [0.2, 0.25) is 0 Å². The largest absolute Gasteiger partial charge is 0.468 e. The molecular formula is C16H11F3N2O4. The van der Waals surface area contributed by atoms with Crippen molar-refractivity contribution in [3.05, 3.63) is 40.6 Å². The summed E-state index contributed by atoms with van der Waals surface area (Å²) in [5.74, 6) is -2.45. The van der Waals surface area contributed by atoms with Gasteiger partial charge < -0.3 is 4.74 Å². The van der Waals surface area contributed by atoms with Crippen molar-refractivity contribution in [1.82, 2.24) is 9.88 Å². The maximum absolute atomic E-state index is 13.2. The summed E-state index contributed by atoms with van der Waals surface area (Å²) < 4.78 is 44.1. The van der Waals surface area contributed by atoms with Crippen molar-refractivity contribution in [2.45, 2.75) is 13.1 Å². The number of amides is 2. The first-order valence-electron chi connectivity index (χ1n) is 7.10. The van der Waals surface area contributed by atoms with Crippen LogP contribution in [0.3, 0.4) is 0 Å². The number of aryl methyl sites for hydroxylation is 1. The number of para-hydroxylation sites is 1. The van der Waals surface area contributed by atoms with Crippen LogP contribution in [-0.2, 0) is 15.7 Å². The number of hydrogen-bond donors (Lipinski definition) is 0. The van der Waals surface area contributed by atoms with Gasteiger partial charge in [-0.2, -0.15) is 13.2 Å². The van der Waals surface area contributed by atoms with Gasteiger partial charge in [0.15, 0.2) is 0 Å². The van der Waals surface area contributed by atoms with E-state index in [-0.39, 0.29) is 22.2 Å². The standard InChI is InChI=1S/C16H11F3N2O4/c1-7-11-12(15(24)21(14(11)23)6-10(22)25-2)8-4-3-5-9(13(8)20-7)16(17,18)19/h3-5H,6H2,1-2H3. The molecule has 2 heterocycles. The van der Waals surface area contributed by atoms with Gasteiger partial charge in [0.1, 0.15) is 6.54 Å². The topological polar surface area (TPSA) is 76.6 Å². The van der Waals surface area contributed by atoms with E-state index < -0.39 is 41.6 Å². The minimum Gasteiger partial charge on any atom is -0.468 e. The summed E-state index contributed by atoms with van der Waals surface area (Å²) in [6.45, 7) is 0.723. The average Bonchev–Trinajstić information content (AvgIpc) is 2.79. The first-order chi connectivity index (χ1) is 11.7. The van der Waals surface area contributed by atoms with E-state index in [9.17, 15) is 27.6 Å². The molecule has 25 heavy (non-hydrogen) atoms. The number of ether oxygens (including phenoxy) is 1. The molecule has 2 amide bonds. The maximum Gasteiger partial charge on any atom is 0.418 e. The number of carbonyl (C=O) groups excluding carboxylic acids is 3. The lowest BCUT2D eigenvalue weighted by Crippen LogP contribution is -2.35. The highest BCUT2D eigenvalue weighted by molar-refractivity contribution is 6.27. The van der Waals surface area contributed by atoms with Gasteiger partial charge in [0.2, 0.25) is 0 Å². The van der Waals surface area contributed by atoms with E-state index >= 15 is 0 Å². The molecular weight excluding hydrogens is 341 g/mol. The van der Waals surface area contributed by atoms with E-state index in [1.807, 2.05) is 0 Å². The zero-order valence-corrected chi connectivity index (χ0v) is 13.1. The fourth-order valence-corrected chi connectivity index (χ4v) is 2.82. The van der Waals surface area contributed by atoms with Gasteiger partial charge in [-0.3, -0.25) is 24.3 Å². The monoisotopic (exact) mass is 352 g/mol. The van der Waals surface area contributed by atoms with Crippen LogP contribution < -0.4 is 0 Å². The molecule has 6 nitrogen and oxygen atoms in total. The molecule has 0 aliphatic carbocycles. The molecule has 1 aromatic carbocycles. The van der Waals surface area contributed by atoms with Crippen molar-refractivity contribution >= 4 is 28.7 Å². The van der Waals surface area contributed by atoms with E-state index in [4.69, 9.17) is 0 Å². The number of hydrogen-bond acceptors (Lipinski definition) is 5. The number of halogens is 3. The number of nitrogens with zero attached hydrogens (tertiary/aromatic N) is 2. The normalized spacial score (nSPS) is 14.2. The highest BCUT2D eigenvalue weighted by Crippen LogP contribution is 2.38. The van der Waals surface area contributed by atoms with Crippen molar-refractivity contribution in [3.63, 3.8) is 0 Å². The summed E-state index contributed by atoms with van der Waals surface area (Å²) in [4.78, 5) is 41.0. The van der Waals surface area contributed by atoms with Crippen LogP contribution in [0.1, 0.15) is 32.0 Å². The van der Waals surface area contributed by atoms with E-state index in [1.165, 1.54) is 13.0 Å². The number of carbonyl (C=O) groups is 3. The summed E-state index contributed by atoms with van der Waals surface area (Å²) in [5.41, 5.74) is -1.69. The minimum absolute atomic E-state index is 0.00934. The van der Waals surface area contributed by atoms with E-state index in [2.05, 4.69) is 9.72 Å². The Kier molecular flexibility index (Phi) is 3.74. The van der Waals surface area contributed by atoms with Crippen LogP contribution in [0.15, 0.2) is 18.2 Å². The van der Waals surface area contributed by atoms with Crippen LogP contribution in [-0.4, -0.2) is 41.3 Å². The predicted octanol–water partition coefficient (Wildman–Crippen LogP) is 2.33. The Morgan fingerprint density at radius 2 is 1.84 bits per heavy atom. The first-order valence-corrected chi connectivity index (χ1v) is 7.10. The number of pyridine rings is 1. The van der Waals surface area contributed by atoms with Crippen LogP contribution >= 0.6 is 0 Å². The van der Waals surface area contributed by atoms with Crippen LogP contribution in [0.4, 0.5) is 13.2 Å². The fourth-order valence-electron chi connectivity index (χ4n) is 2.82. The van der Waals surface area contributed by atoms with Gasteiger partial charge in [-0.1, -0.05) is 12.1 Å². The summed E-state index contributed by atoms with van der Waals surface area (Å²) in [6, 6.07) is 3.29. The lowest BCUT2D eigenvalue weighted by molar-refractivity contribution is -0.141. The molecule has 3 rings (SSSR count). The number of alkyl halides is 3. The molecule has 0 radical (unpaired) electrons. The third-order valence-corrected chi connectivity index (χ3v) is 3.93. The van der Waals surface area contributed by atoms with Gasteiger partial charge in [-0.05, 0) is 13.0 Å². The summed E-state index contributed by atoms with van der Waals surface area (Å²) in [6.07, 6.45) is -4.66. The van der Waals surface area contributed by atoms with E-state index in [1.54, 1.807) is 0 Å². The predicted molar refractivity (Wildman–Crippen MR) is 78.9 cm³/mol. The molecule has 9 heteroatoms. The second kappa shape index (κ2) is 5.54. The molecule has 0 atom stereocenters. The van der Waals surface area contributed by atoms with Gasteiger partial charge in [-0.15, -0.1) is 0 Å². The Morgan fingerprint density at radius 1 is 1.20 bits per heavy atom. The lowest BCUT2D eigenvalue weighted by atomic mass is 10.00. The summed E-state index contributed by atoms with van der Waals surface area (Å²) in [5, 5.41) is -0.0823. The molecule has 0 saturated heterocycles. The van der Waals surface area contributed by atoms with E-state index in [0.717, 1.165) is 19.2 Å². The molecule has 0 bridgehead atoms. The summed E-state index contributed by atoms with van der Waals surface area (Å²) >= 11 is 0. The molecule has 1 aliphatic heterocycles. The minimum atomic E-state index is -4.66. The zero-order valence-electron chi connectivity index (χ0n) is 13.1. The smallest absolute Gasteiger partial charge is 0.418 e. The lowest BCUT2D eigenvalue weighted by Gasteiger charge is -2.12. The third-order valence-electron chi connectivity index (χ3n) is 3.93. The number of imide groups is 1. The fraction of sp³-hybridized carbons (Fsp3) is 0.250. The third kappa shape index (κ3) is 2.51. The van der Waals surface area contributed by atoms with Crippen molar-refractivity contribution in [2.75, 3.05) is 13.7 Å². The second-order valence-corrected chi connectivity index (χ2v) is 5.42. The number of methoxy groups -OCH3 is 1. The first kappa shape index (κ1) is 16.9. The molecule has 0 N–H and O–H groups in total. The molecule has 1 aromatic heterocycles. The molecule has 0 saturated carbocycles. The highest BCUT2D eigenvalue weighted by atomic mass is 19.4. The number of fused-ring (bicyclic) bond motifs is 3. The van der Waals surface area contributed by atoms with Crippen LogP contribution in [0, 0.1) is 6.92 Å². The molecule has 130 valence electrons. The van der Waals surface area contributed by atoms with Crippen molar-refractivity contribution < 1.29 is 32.3 Å². The summed E-state index contributed by atoms with van der Waals surface area (Å²) in [7, 11) is 1.10. The Balaban J connectivity index is 2.27. The molecule has 0 fully saturated rings. The van der Waals surface area contributed by atoms with Crippen LogP contribution in [0.25, 0.3) is 10.9 Å². The number of benzene rings is 1. The Labute approximate surface area is 139 Å². The van der Waals surface area contributed by atoms with Crippen molar-refractivity contribution in [1.29, 1.82) is 0 Å². The number of rotatable bonds is 2. The average molecular weight is 352 g/mol. The van der Waals surface area contributed by atoms with Crippen molar-refractivity contribution in [3.8, 4) is 0 Å². The van der Waals surface area contributed by atoms with Gasteiger partial charge in [0.25, 0.3) is 11.8 Å². The second-order valence-electron chi connectivity index (χ2n) is 5.42. The van der Waals surface area contributed by atoms with Crippen molar-refractivity contribution in [2.24, 2.45) is 0 Å². The molecule has 0 unspecified atom stereocenters. The Bertz CT molecular complexity index is 937. The maximum atomic E-state index is 13.2. The molecule has 2 aromatic rings. The highest BCUT2D eigenvalue weighted by Gasteiger charge is 2.42. The zero-order chi connectivity index (χ0) is 18.5. The van der Waals surface area contributed by atoms with Crippen LogP contribution in [0.5, 0.6) is 0 Å². The van der Waals surface area contributed by atoms with E-state index in [0.29, 0.717) is 4.90 Å². The SMILES string of the molecule is COC(=O)CN1C(=O)c2c(C)nc3c(C(F)(F)F)cccc3c2C1=O. The quantitative estimate of drug-likeness (QED) is 0.612. The molecule has 1 aliphatic rings. The molecule has 0 spiro atoms.